The molecule has 0 aliphatic heterocycles. The van der Waals surface area contributed by atoms with E-state index in [9.17, 15) is 13.9 Å². The Morgan fingerprint density at radius 2 is 2.06 bits per heavy atom. The molecular weight excluding hydrogens is 236 g/mol. The molecule has 0 saturated carbocycles. The molecular formula is C14H21F2NO. The molecule has 1 rings (SSSR count). The predicted octanol–water partition coefficient (Wildman–Crippen LogP) is 2.85. The number of aliphatic hydroxyl groups is 1. The van der Waals surface area contributed by atoms with Crippen LogP contribution in [0.4, 0.5) is 8.78 Å². The van der Waals surface area contributed by atoms with E-state index in [2.05, 4.69) is 5.32 Å². The van der Waals surface area contributed by atoms with Crippen LogP contribution >= 0.6 is 0 Å². The lowest BCUT2D eigenvalue weighted by molar-refractivity contribution is 0.00528. The van der Waals surface area contributed by atoms with Crippen molar-refractivity contribution in [2.45, 2.75) is 39.3 Å². The topological polar surface area (TPSA) is 32.3 Å². The summed E-state index contributed by atoms with van der Waals surface area (Å²) in [6, 6.07) is 4.10. The monoisotopic (exact) mass is 257 g/mol. The second kappa shape index (κ2) is 6.25. The van der Waals surface area contributed by atoms with Gasteiger partial charge in [-0.15, -0.1) is 0 Å². The van der Waals surface area contributed by atoms with Crippen LogP contribution in [0.3, 0.4) is 0 Å². The summed E-state index contributed by atoms with van der Waals surface area (Å²) in [6.07, 6.45) is 0.864. The molecule has 102 valence electrons. The molecule has 0 saturated heterocycles. The lowest BCUT2D eigenvalue weighted by Crippen LogP contribution is -2.42. The van der Waals surface area contributed by atoms with Crippen molar-refractivity contribution in [3.8, 4) is 0 Å². The van der Waals surface area contributed by atoms with Gasteiger partial charge in [0, 0.05) is 18.7 Å². The molecule has 2 N–H and O–H groups in total. The van der Waals surface area contributed by atoms with Crippen molar-refractivity contribution in [3.05, 3.63) is 35.4 Å². The van der Waals surface area contributed by atoms with Gasteiger partial charge in [0.1, 0.15) is 0 Å². The zero-order chi connectivity index (χ0) is 13.8. The first kappa shape index (κ1) is 15.1. The molecule has 0 spiro atoms. The Bertz CT molecular complexity index is 393. The highest BCUT2D eigenvalue weighted by Crippen LogP contribution is 2.19. The maximum absolute atomic E-state index is 13.4. The normalized spacial score (nSPS) is 16.3. The standard InChI is InChI=1S/C14H21F2NO/c1-4-10(2)14(3,18)9-17-8-11-6-5-7-12(15)13(11)16/h5-7,10,17-18H,4,8-9H2,1-3H3. The summed E-state index contributed by atoms with van der Waals surface area (Å²) in [4.78, 5) is 0. The molecule has 0 radical (unpaired) electrons. The molecule has 0 aromatic heterocycles. The summed E-state index contributed by atoms with van der Waals surface area (Å²) in [7, 11) is 0. The third-order valence-corrected chi connectivity index (χ3v) is 3.50. The number of benzene rings is 1. The minimum Gasteiger partial charge on any atom is -0.389 e. The molecule has 0 aliphatic rings. The molecule has 0 heterocycles. The van der Waals surface area contributed by atoms with E-state index in [-0.39, 0.29) is 18.0 Å². The van der Waals surface area contributed by atoms with Crippen LogP contribution < -0.4 is 5.32 Å². The lowest BCUT2D eigenvalue weighted by Gasteiger charge is -2.30. The van der Waals surface area contributed by atoms with Crippen LogP contribution in [0.25, 0.3) is 0 Å². The zero-order valence-electron chi connectivity index (χ0n) is 11.1. The van der Waals surface area contributed by atoms with Gasteiger partial charge in [0.15, 0.2) is 11.6 Å². The van der Waals surface area contributed by atoms with Gasteiger partial charge in [0.05, 0.1) is 5.60 Å². The molecule has 2 unspecified atom stereocenters. The number of halogens is 2. The molecule has 2 atom stereocenters. The Labute approximate surface area is 107 Å². The van der Waals surface area contributed by atoms with Crippen LogP contribution in [-0.2, 0) is 6.54 Å². The number of hydrogen-bond acceptors (Lipinski definition) is 2. The number of rotatable bonds is 6. The fourth-order valence-electron chi connectivity index (χ4n) is 1.75. The minimum absolute atomic E-state index is 0.141. The average molecular weight is 257 g/mol. The lowest BCUT2D eigenvalue weighted by atomic mass is 9.88. The van der Waals surface area contributed by atoms with Gasteiger partial charge in [-0.25, -0.2) is 8.78 Å². The van der Waals surface area contributed by atoms with E-state index in [1.165, 1.54) is 12.1 Å². The van der Waals surface area contributed by atoms with E-state index in [1.54, 1.807) is 6.92 Å². The summed E-state index contributed by atoms with van der Waals surface area (Å²) in [5.74, 6) is -1.53. The first-order valence-electron chi connectivity index (χ1n) is 6.24. The number of nitrogens with one attached hydrogen (secondary N) is 1. The van der Waals surface area contributed by atoms with Crippen LogP contribution in [0.2, 0.25) is 0 Å². The molecule has 2 nitrogen and oxygen atoms in total. The van der Waals surface area contributed by atoms with Crippen molar-refractivity contribution in [2.24, 2.45) is 5.92 Å². The van der Waals surface area contributed by atoms with Crippen LogP contribution in [0, 0.1) is 17.6 Å². The molecule has 0 fully saturated rings. The van der Waals surface area contributed by atoms with Gasteiger partial charge in [0.2, 0.25) is 0 Å². The molecule has 0 aliphatic carbocycles. The van der Waals surface area contributed by atoms with E-state index in [1.807, 2.05) is 13.8 Å². The highest BCUT2D eigenvalue weighted by atomic mass is 19.2. The third kappa shape index (κ3) is 3.75. The van der Waals surface area contributed by atoms with Crippen LogP contribution in [0.15, 0.2) is 18.2 Å². The van der Waals surface area contributed by atoms with Crippen molar-refractivity contribution in [2.75, 3.05) is 6.54 Å². The Hall–Kier alpha value is -1.00. The van der Waals surface area contributed by atoms with Crippen LogP contribution in [0.5, 0.6) is 0 Å². The second-order valence-electron chi connectivity index (χ2n) is 4.98. The molecule has 0 amide bonds. The first-order chi connectivity index (χ1) is 8.38. The molecule has 4 heteroatoms. The summed E-state index contributed by atoms with van der Waals surface area (Å²) in [5.41, 5.74) is -0.576. The molecule has 1 aromatic rings. The van der Waals surface area contributed by atoms with Gasteiger partial charge in [-0.1, -0.05) is 32.4 Å². The Kier molecular flexibility index (Phi) is 5.23. The summed E-state index contributed by atoms with van der Waals surface area (Å²) < 4.78 is 26.3. The fraction of sp³-hybridized carbons (Fsp3) is 0.571. The first-order valence-corrected chi connectivity index (χ1v) is 6.24. The van der Waals surface area contributed by atoms with Gasteiger partial charge in [-0.3, -0.25) is 0 Å². The van der Waals surface area contributed by atoms with Gasteiger partial charge >= 0.3 is 0 Å². The van der Waals surface area contributed by atoms with Crippen LogP contribution in [-0.4, -0.2) is 17.3 Å². The van der Waals surface area contributed by atoms with E-state index in [4.69, 9.17) is 0 Å². The average Bonchev–Trinajstić information content (AvgIpc) is 2.33. The molecule has 0 bridgehead atoms. The maximum Gasteiger partial charge on any atom is 0.163 e. The van der Waals surface area contributed by atoms with E-state index < -0.39 is 17.2 Å². The highest BCUT2D eigenvalue weighted by molar-refractivity contribution is 5.18. The quantitative estimate of drug-likeness (QED) is 0.821. The molecule has 1 aromatic carbocycles. The van der Waals surface area contributed by atoms with Gasteiger partial charge in [-0.05, 0) is 18.9 Å². The molecule has 18 heavy (non-hydrogen) atoms. The number of hydrogen-bond donors (Lipinski definition) is 2. The van der Waals surface area contributed by atoms with Crippen molar-refractivity contribution in [1.82, 2.24) is 5.32 Å². The summed E-state index contributed by atoms with van der Waals surface area (Å²) in [6.45, 7) is 6.26. The minimum atomic E-state index is -0.849. The maximum atomic E-state index is 13.4. The summed E-state index contributed by atoms with van der Waals surface area (Å²) in [5, 5.41) is 13.1. The SMILES string of the molecule is CCC(C)C(C)(O)CNCc1cccc(F)c1F. The van der Waals surface area contributed by atoms with Crippen molar-refractivity contribution >= 4 is 0 Å². The van der Waals surface area contributed by atoms with E-state index >= 15 is 0 Å². The Morgan fingerprint density at radius 1 is 1.39 bits per heavy atom. The largest absolute Gasteiger partial charge is 0.389 e. The second-order valence-corrected chi connectivity index (χ2v) is 4.98. The van der Waals surface area contributed by atoms with Gasteiger partial charge < -0.3 is 10.4 Å². The van der Waals surface area contributed by atoms with Crippen molar-refractivity contribution in [3.63, 3.8) is 0 Å². The van der Waals surface area contributed by atoms with Crippen molar-refractivity contribution < 1.29 is 13.9 Å². The van der Waals surface area contributed by atoms with Crippen LogP contribution in [0.1, 0.15) is 32.8 Å². The smallest absolute Gasteiger partial charge is 0.163 e. The Balaban J connectivity index is 2.54. The summed E-state index contributed by atoms with van der Waals surface area (Å²) >= 11 is 0. The van der Waals surface area contributed by atoms with E-state index in [0.29, 0.717) is 6.54 Å². The fourth-order valence-corrected chi connectivity index (χ4v) is 1.75. The van der Waals surface area contributed by atoms with Gasteiger partial charge in [-0.2, -0.15) is 0 Å². The van der Waals surface area contributed by atoms with E-state index in [0.717, 1.165) is 12.5 Å². The highest BCUT2D eigenvalue weighted by Gasteiger charge is 2.26. The third-order valence-electron chi connectivity index (χ3n) is 3.50. The van der Waals surface area contributed by atoms with Crippen molar-refractivity contribution in [1.29, 1.82) is 0 Å². The zero-order valence-corrected chi connectivity index (χ0v) is 11.1. The Morgan fingerprint density at radius 3 is 2.67 bits per heavy atom. The van der Waals surface area contributed by atoms with Gasteiger partial charge in [0.25, 0.3) is 0 Å². The predicted molar refractivity (Wildman–Crippen MR) is 68.1 cm³/mol.